The molecule has 0 N–H and O–H groups in total. The maximum atomic E-state index is 12.4. The first-order chi connectivity index (χ1) is 11.4. The zero-order chi connectivity index (χ0) is 17.3. The molecule has 3 rings (SSSR count). The van der Waals surface area contributed by atoms with E-state index >= 15 is 0 Å². The Morgan fingerprint density at radius 2 is 1.88 bits per heavy atom. The van der Waals surface area contributed by atoms with Crippen LogP contribution in [0.25, 0.3) is 11.0 Å². The smallest absolute Gasteiger partial charge is 0.173 e. The Labute approximate surface area is 145 Å². The topological polar surface area (TPSA) is 60.7 Å². The number of aryl methyl sites for hydroxylation is 1. The zero-order valence-corrected chi connectivity index (χ0v) is 15.1. The maximum absolute atomic E-state index is 12.4. The first-order valence-corrected chi connectivity index (χ1v) is 8.74. The van der Waals surface area contributed by atoms with Crippen molar-refractivity contribution in [3.05, 3.63) is 47.9 Å². The van der Waals surface area contributed by atoms with Gasteiger partial charge in [-0.05, 0) is 11.0 Å². The summed E-state index contributed by atoms with van der Waals surface area (Å²) in [5.41, 5.74) is 2.81. The fourth-order valence-corrected chi connectivity index (χ4v) is 3.28. The molecular weight excluding hydrogens is 320 g/mol. The number of carbonyl (C=O) groups is 1. The molecule has 6 heteroatoms. The van der Waals surface area contributed by atoms with E-state index in [0.717, 1.165) is 21.6 Å². The third-order valence-electron chi connectivity index (χ3n) is 3.91. The van der Waals surface area contributed by atoms with E-state index in [4.69, 9.17) is 0 Å². The van der Waals surface area contributed by atoms with Crippen LogP contribution in [0.1, 0.15) is 36.7 Å². The van der Waals surface area contributed by atoms with Crippen molar-refractivity contribution < 1.29 is 4.79 Å². The van der Waals surface area contributed by atoms with Crippen LogP contribution in [0.15, 0.2) is 41.8 Å². The summed E-state index contributed by atoms with van der Waals surface area (Å²) in [5, 5.41) is 5.85. The molecule has 0 aliphatic heterocycles. The van der Waals surface area contributed by atoms with Crippen molar-refractivity contribution in [2.75, 3.05) is 5.75 Å². The van der Waals surface area contributed by atoms with E-state index in [1.165, 1.54) is 23.7 Å². The lowest BCUT2D eigenvalue weighted by Gasteiger charge is -2.18. The zero-order valence-electron chi connectivity index (χ0n) is 14.3. The molecule has 0 amide bonds. The molecule has 24 heavy (non-hydrogen) atoms. The van der Waals surface area contributed by atoms with E-state index in [0.29, 0.717) is 5.75 Å². The van der Waals surface area contributed by atoms with Gasteiger partial charge in [-0.25, -0.2) is 9.97 Å². The fourth-order valence-electron chi connectivity index (χ4n) is 2.43. The second-order valence-corrected chi connectivity index (χ2v) is 7.69. The van der Waals surface area contributed by atoms with Gasteiger partial charge in [-0.1, -0.05) is 56.8 Å². The summed E-state index contributed by atoms with van der Waals surface area (Å²) in [5.74, 6) is 0.437. The predicted octanol–water partition coefficient (Wildman–Crippen LogP) is 3.64. The maximum Gasteiger partial charge on any atom is 0.173 e. The third-order valence-corrected chi connectivity index (χ3v) is 4.91. The van der Waals surface area contributed by atoms with Crippen LogP contribution in [0.5, 0.6) is 0 Å². The minimum Gasteiger partial charge on any atom is -0.293 e. The molecule has 0 atom stereocenters. The number of benzene rings is 1. The van der Waals surface area contributed by atoms with Gasteiger partial charge in [0.1, 0.15) is 11.4 Å². The van der Waals surface area contributed by atoms with Crippen molar-refractivity contribution in [2.24, 2.45) is 7.05 Å². The summed E-state index contributed by atoms with van der Waals surface area (Å²) >= 11 is 1.42. The van der Waals surface area contributed by atoms with Gasteiger partial charge < -0.3 is 0 Å². The van der Waals surface area contributed by atoms with Crippen molar-refractivity contribution in [3.8, 4) is 0 Å². The van der Waals surface area contributed by atoms with Crippen LogP contribution in [0.2, 0.25) is 0 Å². The van der Waals surface area contributed by atoms with E-state index in [2.05, 4.69) is 35.8 Å². The van der Waals surface area contributed by atoms with Crippen LogP contribution in [0.3, 0.4) is 0 Å². The minimum absolute atomic E-state index is 0.0865. The van der Waals surface area contributed by atoms with Gasteiger partial charge in [-0.3, -0.25) is 9.48 Å². The normalized spacial score (nSPS) is 11.8. The highest BCUT2D eigenvalue weighted by molar-refractivity contribution is 8.00. The molecule has 2 aromatic heterocycles. The molecule has 3 aromatic rings. The summed E-state index contributed by atoms with van der Waals surface area (Å²) in [6.45, 7) is 6.48. The molecule has 0 saturated heterocycles. The van der Waals surface area contributed by atoms with Crippen LogP contribution in [0, 0.1) is 0 Å². The third kappa shape index (κ3) is 3.33. The van der Waals surface area contributed by atoms with Crippen molar-refractivity contribution in [1.82, 2.24) is 19.7 Å². The quantitative estimate of drug-likeness (QED) is 0.412. The number of ketones is 1. The van der Waals surface area contributed by atoms with Gasteiger partial charge in [0.2, 0.25) is 0 Å². The number of Topliss-reactive ketones (excluding diaryl/α,β-unsaturated/α-hetero) is 1. The van der Waals surface area contributed by atoms with Crippen LogP contribution in [-0.2, 0) is 12.5 Å². The molecule has 0 saturated carbocycles. The molecule has 2 heterocycles. The Morgan fingerprint density at radius 3 is 2.54 bits per heavy atom. The van der Waals surface area contributed by atoms with Gasteiger partial charge in [-0.15, -0.1) is 0 Å². The number of fused-ring (bicyclic) bond motifs is 1. The summed E-state index contributed by atoms with van der Waals surface area (Å²) in [4.78, 5) is 20.9. The van der Waals surface area contributed by atoms with Gasteiger partial charge in [0.05, 0.1) is 17.3 Å². The average molecular weight is 340 g/mol. The molecule has 0 bridgehead atoms. The van der Waals surface area contributed by atoms with Crippen LogP contribution in [-0.4, -0.2) is 31.3 Å². The van der Waals surface area contributed by atoms with Crippen LogP contribution < -0.4 is 0 Å². The van der Waals surface area contributed by atoms with Crippen molar-refractivity contribution in [3.63, 3.8) is 0 Å². The van der Waals surface area contributed by atoms with Gasteiger partial charge >= 0.3 is 0 Å². The van der Waals surface area contributed by atoms with Crippen molar-refractivity contribution in [1.29, 1.82) is 0 Å². The Kier molecular flexibility index (Phi) is 4.41. The number of hydrogen-bond donors (Lipinski definition) is 0. The van der Waals surface area contributed by atoms with Gasteiger partial charge in [0, 0.05) is 12.6 Å². The molecule has 1 aromatic carbocycles. The highest BCUT2D eigenvalue weighted by atomic mass is 32.2. The van der Waals surface area contributed by atoms with Gasteiger partial charge in [-0.2, -0.15) is 5.10 Å². The Morgan fingerprint density at radius 1 is 1.17 bits per heavy atom. The van der Waals surface area contributed by atoms with E-state index in [1.54, 1.807) is 10.9 Å². The number of rotatable bonds is 4. The van der Waals surface area contributed by atoms with Crippen molar-refractivity contribution in [2.45, 2.75) is 31.2 Å². The molecule has 0 aliphatic carbocycles. The first kappa shape index (κ1) is 16.6. The minimum atomic E-state index is 0.0865. The average Bonchev–Trinajstić information content (AvgIpc) is 2.94. The fraction of sp³-hybridized carbons (Fsp3) is 0.333. The second kappa shape index (κ2) is 6.36. The lowest BCUT2D eigenvalue weighted by molar-refractivity contribution is 0.102. The lowest BCUT2D eigenvalue weighted by atomic mass is 9.86. The molecule has 0 fully saturated rings. The molecule has 5 nitrogen and oxygen atoms in total. The van der Waals surface area contributed by atoms with E-state index in [1.807, 2.05) is 31.3 Å². The predicted molar refractivity (Wildman–Crippen MR) is 96.5 cm³/mol. The summed E-state index contributed by atoms with van der Waals surface area (Å²) < 4.78 is 1.70. The Bertz CT molecular complexity index is 878. The van der Waals surface area contributed by atoms with Crippen molar-refractivity contribution >= 4 is 28.6 Å². The molecule has 0 radical (unpaired) electrons. The molecular formula is C18H20N4OS. The van der Waals surface area contributed by atoms with E-state index < -0.39 is 0 Å². The Hall–Kier alpha value is -2.21. The summed E-state index contributed by atoms with van der Waals surface area (Å²) in [7, 11) is 1.84. The summed E-state index contributed by atoms with van der Waals surface area (Å²) in [6.07, 6.45) is 3.25. The second-order valence-electron chi connectivity index (χ2n) is 6.72. The number of carbonyl (C=O) groups excluding carboxylic acids is 1. The summed E-state index contributed by atoms with van der Waals surface area (Å²) in [6, 6.07) is 7.87. The number of aromatic nitrogens is 4. The van der Waals surface area contributed by atoms with Gasteiger partial charge in [0.25, 0.3) is 0 Å². The lowest BCUT2D eigenvalue weighted by Crippen LogP contribution is -2.11. The first-order valence-electron chi connectivity index (χ1n) is 7.75. The van der Waals surface area contributed by atoms with E-state index in [-0.39, 0.29) is 11.2 Å². The highest BCUT2D eigenvalue weighted by Crippen LogP contribution is 2.26. The molecule has 0 aliphatic rings. The monoisotopic (exact) mass is 340 g/mol. The van der Waals surface area contributed by atoms with Crippen LogP contribution >= 0.6 is 11.8 Å². The SMILES string of the molecule is Cn1ncc2c(SCC(=O)c3ccc(C(C)(C)C)cc3)ncnc21. The highest BCUT2D eigenvalue weighted by Gasteiger charge is 2.15. The number of hydrogen-bond acceptors (Lipinski definition) is 5. The number of thioether (sulfide) groups is 1. The molecule has 0 spiro atoms. The standard InChI is InChI=1S/C18H20N4OS/c1-18(2,3)13-7-5-12(6-8-13)15(23)10-24-17-14-9-21-22(4)16(14)19-11-20-17/h5-9,11H,10H2,1-4H3. The molecule has 0 unspecified atom stereocenters. The Balaban J connectivity index is 1.73. The van der Waals surface area contributed by atoms with Crippen LogP contribution in [0.4, 0.5) is 0 Å². The van der Waals surface area contributed by atoms with Gasteiger partial charge in [0.15, 0.2) is 11.4 Å². The van der Waals surface area contributed by atoms with E-state index in [9.17, 15) is 4.79 Å². The number of nitrogens with zero attached hydrogens (tertiary/aromatic N) is 4. The molecule has 124 valence electrons. The largest absolute Gasteiger partial charge is 0.293 e.